The van der Waals surface area contributed by atoms with Crippen molar-refractivity contribution in [3.05, 3.63) is 47.1 Å². The average Bonchev–Trinajstić information content (AvgIpc) is 2.68. The maximum Gasteiger partial charge on any atom is 0.240 e. The van der Waals surface area contributed by atoms with Crippen molar-refractivity contribution in [1.29, 1.82) is 0 Å². The Morgan fingerprint density at radius 2 is 2.12 bits per heavy atom. The Hall–Kier alpha value is -1.82. The van der Waals surface area contributed by atoms with Gasteiger partial charge in [-0.3, -0.25) is 0 Å². The average molecular weight is 239 g/mol. The quantitative estimate of drug-likeness (QED) is 0.885. The zero-order valence-electron chi connectivity index (χ0n) is 9.20. The van der Waals surface area contributed by atoms with Crippen LogP contribution in [0.5, 0.6) is 0 Å². The molecule has 17 heavy (non-hydrogen) atoms. The Kier molecular flexibility index (Phi) is 3.43. The molecule has 6 heteroatoms. The lowest BCUT2D eigenvalue weighted by Crippen LogP contribution is -2.14. The zero-order valence-corrected chi connectivity index (χ0v) is 9.20. The molecular formula is C11H11F2N3O. The van der Waals surface area contributed by atoms with Crippen LogP contribution in [0.4, 0.5) is 8.78 Å². The van der Waals surface area contributed by atoms with Crippen LogP contribution < -0.4 is 5.32 Å². The lowest BCUT2D eigenvalue weighted by Gasteiger charge is -2.03. The highest BCUT2D eigenvalue weighted by Crippen LogP contribution is 2.09. The predicted molar refractivity (Wildman–Crippen MR) is 55.9 cm³/mol. The standard InChI is InChI=1S/C11H11F2N3O/c1-7-15-11(17-16-7)6-14-5-8-2-3-9(12)4-10(8)13/h2-4,14H,5-6H2,1H3. The molecule has 0 aliphatic rings. The van der Waals surface area contributed by atoms with Crippen molar-refractivity contribution >= 4 is 0 Å². The Morgan fingerprint density at radius 1 is 1.29 bits per heavy atom. The van der Waals surface area contributed by atoms with Gasteiger partial charge >= 0.3 is 0 Å². The molecule has 0 fully saturated rings. The summed E-state index contributed by atoms with van der Waals surface area (Å²) in [6.45, 7) is 2.33. The van der Waals surface area contributed by atoms with Gasteiger partial charge < -0.3 is 9.84 Å². The molecular weight excluding hydrogens is 228 g/mol. The van der Waals surface area contributed by atoms with Gasteiger partial charge in [0, 0.05) is 18.2 Å². The Balaban J connectivity index is 1.90. The van der Waals surface area contributed by atoms with E-state index in [-0.39, 0.29) is 6.54 Å². The molecule has 0 saturated heterocycles. The van der Waals surface area contributed by atoms with Crippen molar-refractivity contribution < 1.29 is 13.3 Å². The van der Waals surface area contributed by atoms with Crippen LogP contribution in [0.2, 0.25) is 0 Å². The molecule has 2 aromatic rings. The van der Waals surface area contributed by atoms with Gasteiger partial charge in [-0.25, -0.2) is 8.78 Å². The van der Waals surface area contributed by atoms with Crippen LogP contribution in [-0.4, -0.2) is 10.1 Å². The van der Waals surface area contributed by atoms with E-state index in [1.165, 1.54) is 12.1 Å². The second kappa shape index (κ2) is 5.01. The third kappa shape index (κ3) is 3.07. The molecule has 0 unspecified atom stereocenters. The maximum atomic E-state index is 13.2. The lowest BCUT2D eigenvalue weighted by molar-refractivity contribution is 0.363. The lowest BCUT2D eigenvalue weighted by atomic mass is 10.2. The van der Waals surface area contributed by atoms with Gasteiger partial charge in [0.25, 0.3) is 0 Å². The molecule has 90 valence electrons. The summed E-state index contributed by atoms with van der Waals surface area (Å²) in [6, 6.07) is 3.47. The molecule has 1 heterocycles. The molecule has 0 aliphatic carbocycles. The van der Waals surface area contributed by atoms with Gasteiger partial charge in [0.1, 0.15) is 11.6 Å². The second-order valence-electron chi connectivity index (χ2n) is 3.57. The smallest absolute Gasteiger partial charge is 0.240 e. The highest BCUT2D eigenvalue weighted by Gasteiger charge is 2.05. The number of hydrogen-bond donors (Lipinski definition) is 1. The van der Waals surface area contributed by atoms with E-state index in [1.54, 1.807) is 6.92 Å². The molecule has 0 saturated carbocycles. The van der Waals surface area contributed by atoms with Gasteiger partial charge in [0.05, 0.1) is 6.54 Å². The van der Waals surface area contributed by atoms with Crippen LogP contribution in [0, 0.1) is 18.6 Å². The van der Waals surface area contributed by atoms with Crippen LogP contribution in [0.15, 0.2) is 22.7 Å². The van der Waals surface area contributed by atoms with Crippen LogP contribution in [0.1, 0.15) is 17.3 Å². The largest absolute Gasteiger partial charge is 0.338 e. The van der Waals surface area contributed by atoms with Crippen molar-refractivity contribution in [3.8, 4) is 0 Å². The highest BCUT2D eigenvalue weighted by molar-refractivity contribution is 5.18. The van der Waals surface area contributed by atoms with Crippen LogP contribution in [-0.2, 0) is 13.1 Å². The van der Waals surface area contributed by atoms with E-state index < -0.39 is 11.6 Å². The van der Waals surface area contributed by atoms with Gasteiger partial charge in [-0.2, -0.15) is 4.98 Å². The van der Waals surface area contributed by atoms with Crippen LogP contribution in [0.25, 0.3) is 0 Å². The van der Waals surface area contributed by atoms with Crippen molar-refractivity contribution in [1.82, 2.24) is 15.5 Å². The molecule has 1 aromatic carbocycles. The van der Waals surface area contributed by atoms with E-state index in [1.807, 2.05) is 0 Å². The fourth-order valence-electron chi connectivity index (χ4n) is 1.38. The summed E-state index contributed by atoms with van der Waals surface area (Å²) >= 11 is 0. The van der Waals surface area contributed by atoms with E-state index in [9.17, 15) is 8.78 Å². The van der Waals surface area contributed by atoms with Crippen molar-refractivity contribution in [2.75, 3.05) is 0 Å². The number of halogens is 2. The number of benzene rings is 1. The summed E-state index contributed by atoms with van der Waals surface area (Å²) < 4.78 is 30.8. The monoisotopic (exact) mass is 239 g/mol. The van der Waals surface area contributed by atoms with Crippen molar-refractivity contribution in [2.45, 2.75) is 20.0 Å². The van der Waals surface area contributed by atoms with Crippen LogP contribution >= 0.6 is 0 Å². The zero-order chi connectivity index (χ0) is 12.3. The number of rotatable bonds is 4. The van der Waals surface area contributed by atoms with Gasteiger partial charge in [-0.05, 0) is 13.0 Å². The number of aromatic nitrogens is 2. The van der Waals surface area contributed by atoms with Gasteiger partial charge in [0.15, 0.2) is 5.82 Å². The topological polar surface area (TPSA) is 51.0 Å². The predicted octanol–water partition coefficient (Wildman–Crippen LogP) is 1.95. The van der Waals surface area contributed by atoms with Gasteiger partial charge in [-0.1, -0.05) is 11.2 Å². The molecule has 0 aliphatic heterocycles. The third-order valence-corrected chi connectivity index (χ3v) is 2.18. The molecule has 0 amide bonds. The Labute approximate surface area is 96.6 Å². The number of nitrogens with zero attached hydrogens (tertiary/aromatic N) is 2. The van der Waals surface area contributed by atoms with E-state index in [0.29, 0.717) is 23.8 Å². The van der Waals surface area contributed by atoms with Crippen molar-refractivity contribution in [2.24, 2.45) is 0 Å². The fraction of sp³-hybridized carbons (Fsp3) is 0.273. The second-order valence-corrected chi connectivity index (χ2v) is 3.57. The molecule has 0 bridgehead atoms. The summed E-state index contributed by atoms with van der Waals surface area (Å²) in [5.41, 5.74) is 0.391. The minimum atomic E-state index is -0.584. The summed E-state index contributed by atoms with van der Waals surface area (Å²) in [5, 5.41) is 6.55. The Bertz CT molecular complexity index is 513. The number of aryl methyl sites for hydroxylation is 1. The SMILES string of the molecule is Cc1noc(CNCc2ccc(F)cc2F)n1. The van der Waals surface area contributed by atoms with E-state index >= 15 is 0 Å². The first kappa shape index (κ1) is 11.7. The molecule has 0 spiro atoms. The minimum Gasteiger partial charge on any atom is -0.338 e. The fourth-order valence-corrected chi connectivity index (χ4v) is 1.38. The van der Waals surface area contributed by atoms with Crippen LogP contribution in [0.3, 0.4) is 0 Å². The van der Waals surface area contributed by atoms with E-state index in [4.69, 9.17) is 4.52 Å². The summed E-state index contributed by atoms with van der Waals surface area (Å²) in [6.07, 6.45) is 0. The molecule has 1 N–H and O–H groups in total. The first-order chi connectivity index (χ1) is 8.15. The third-order valence-electron chi connectivity index (χ3n) is 2.18. The Morgan fingerprint density at radius 3 is 2.76 bits per heavy atom. The van der Waals surface area contributed by atoms with Gasteiger partial charge in [0.2, 0.25) is 5.89 Å². The summed E-state index contributed by atoms with van der Waals surface area (Å²) in [4.78, 5) is 3.98. The van der Waals surface area contributed by atoms with Gasteiger partial charge in [-0.15, -0.1) is 0 Å². The number of hydrogen-bond acceptors (Lipinski definition) is 4. The minimum absolute atomic E-state index is 0.271. The first-order valence-corrected chi connectivity index (χ1v) is 5.09. The summed E-state index contributed by atoms with van der Waals surface area (Å²) in [7, 11) is 0. The molecule has 0 radical (unpaired) electrons. The highest BCUT2D eigenvalue weighted by atomic mass is 19.1. The van der Waals surface area contributed by atoms with Crippen molar-refractivity contribution in [3.63, 3.8) is 0 Å². The molecule has 1 aromatic heterocycles. The number of nitrogens with one attached hydrogen (secondary N) is 1. The normalized spacial score (nSPS) is 10.8. The van der Waals surface area contributed by atoms with E-state index in [0.717, 1.165) is 6.07 Å². The molecule has 2 rings (SSSR count). The first-order valence-electron chi connectivity index (χ1n) is 5.09. The van der Waals surface area contributed by atoms with E-state index in [2.05, 4.69) is 15.5 Å². The molecule has 0 atom stereocenters. The maximum absolute atomic E-state index is 13.2. The molecule has 4 nitrogen and oxygen atoms in total. The summed E-state index contributed by atoms with van der Waals surface area (Å²) in [5.74, 6) is -0.169.